The maximum atomic E-state index is 7.41. The van der Waals surface area contributed by atoms with Crippen LogP contribution in [-0.2, 0) is 35.5 Å². The molecule has 0 aromatic heterocycles. The van der Waals surface area contributed by atoms with Gasteiger partial charge < -0.3 is 13.6 Å². The lowest BCUT2D eigenvalue weighted by molar-refractivity contribution is 0.358. The fraction of sp³-hybridized carbons (Fsp3) is 0.727. The maximum Gasteiger partial charge on any atom is 0.530 e. The van der Waals surface area contributed by atoms with Crippen molar-refractivity contribution < 1.29 is 13.6 Å². The van der Waals surface area contributed by atoms with Crippen molar-refractivity contribution in [2.75, 3.05) is 0 Å². The van der Waals surface area contributed by atoms with E-state index in [0.29, 0.717) is 17.8 Å². The van der Waals surface area contributed by atoms with Gasteiger partial charge in [-0.15, -0.1) is 0 Å². The van der Waals surface area contributed by atoms with Gasteiger partial charge in [0.2, 0.25) is 0 Å². The average Bonchev–Trinajstić information content (AvgIpc) is 3.29. The van der Waals surface area contributed by atoms with E-state index in [4.69, 9.17) is 13.6 Å². The van der Waals surface area contributed by atoms with Crippen LogP contribution in [0.4, 0.5) is 0 Å². The molecule has 0 saturated carbocycles. The Labute approximate surface area is 436 Å². The molecule has 0 fully saturated rings. The summed E-state index contributed by atoms with van der Waals surface area (Å²) in [4.78, 5) is 0. The fourth-order valence-electron chi connectivity index (χ4n) is 10.6. The number of benzene rings is 3. The van der Waals surface area contributed by atoms with Gasteiger partial charge in [0.25, 0.3) is 0 Å². The summed E-state index contributed by atoms with van der Waals surface area (Å²) in [6, 6.07) is 21.0. The highest BCUT2D eigenvalue weighted by molar-refractivity contribution is 7.43. The molecule has 0 aliphatic heterocycles. The molecule has 0 N–H and O–H groups in total. The molecular weight excluding hydrogens is 872 g/mol. The highest BCUT2D eigenvalue weighted by Gasteiger charge is 2.34. The first kappa shape index (κ1) is 61.8. The first-order valence-corrected chi connectivity index (χ1v) is 30.7. The van der Waals surface area contributed by atoms with E-state index in [1.54, 1.807) is 0 Å². The first-order valence-electron chi connectivity index (χ1n) is 29.6. The quantitative estimate of drug-likeness (QED) is 0.0421. The van der Waals surface area contributed by atoms with Crippen LogP contribution in [0.5, 0.6) is 17.2 Å². The summed E-state index contributed by atoms with van der Waals surface area (Å²) in [5.41, 5.74) is 7.69. The molecule has 3 nitrogen and oxygen atoms in total. The van der Waals surface area contributed by atoms with Crippen LogP contribution in [-0.4, -0.2) is 0 Å². The molecule has 70 heavy (non-hydrogen) atoms. The van der Waals surface area contributed by atoms with Gasteiger partial charge in [-0.25, -0.2) is 0 Å². The molecule has 0 aliphatic rings. The van der Waals surface area contributed by atoms with Gasteiger partial charge in [-0.1, -0.05) is 275 Å². The minimum atomic E-state index is -1.93. The second-order valence-electron chi connectivity index (χ2n) is 25.0. The Bertz CT molecular complexity index is 1640. The standard InChI is InChI=1S/C66H111O3P/c1-16-19-22-25-28-31-34-43-64(10,11)58-49-55(46-52(4)5)37-40-61(58)67-70(68-62-41-38-56(47-53(6)7)50-59(62)65(12,13)44-35-32-29-26-23-20-17-2)69-63-42-39-57(48-54(8)9)51-60(63)66(14,15)45-36-33-30-27-24-21-18-3/h37-42,49-54H,16-36,43-48H2,1-15H3. The van der Waals surface area contributed by atoms with Crippen molar-refractivity contribution in [2.24, 2.45) is 17.8 Å². The summed E-state index contributed by atoms with van der Waals surface area (Å²) in [6.07, 6.45) is 34.0. The predicted molar refractivity (Wildman–Crippen MR) is 311 cm³/mol. The van der Waals surface area contributed by atoms with E-state index >= 15 is 0 Å². The lowest BCUT2D eigenvalue weighted by Gasteiger charge is -2.32. The van der Waals surface area contributed by atoms with Gasteiger partial charge in [-0.05, 0) is 107 Å². The summed E-state index contributed by atoms with van der Waals surface area (Å²) in [7, 11) is -1.93. The van der Waals surface area contributed by atoms with Crippen LogP contribution >= 0.6 is 8.60 Å². The smallest absolute Gasteiger partial charge is 0.408 e. The van der Waals surface area contributed by atoms with Crippen LogP contribution in [0.15, 0.2) is 54.6 Å². The summed E-state index contributed by atoms with van der Waals surface area (Å²) >= 11 is 0. The highest BCUT2D eigenvalue weighted by atomic mass is 31.2. The number of rotatable bonds is 39. The Morgan fingerprint density at radius 1 is 0.343 bits per heavy atom. The molecule has 0 atom stereocenters. The van der Waals surface area contributed by atoms with E-state index < -0.39 is 8.60 Å². The van der Waals surface area contributed by atoms with Gasteiger partial charge in [0, 0.05) is 16.7 Å². The van der Waals surface area contributed by atoms with Crippen molar-refractivity contribution in [1.82, 2.24) is 0 Å². The zero-order chi connectivity index (χ0) is 51.6. The minimum Gasteiger partial charge on any atom is -0.408 e. The van der Waals surface area contributed by atoms with Crippen molar-refractivity contribution in [2.45, 2.75) is 293 Å². The molecule has 398 valence electrons. The molecule has 0 spiro atoms. The van der Waals surface area contributed by atoms with Gasteiger partial charge in [0.05, 0.1) is 0 Å². The van der Waals surface area contributed by atoms with Crippen molar-refractivity contribution in [3.63, 3.8) is 0 Å². The van der Waals surface area contributed by atoms with Gasteiger partial charge in [-0.3, -0.25) is 0 Å². The Morgan fingerprint density at radius 2 is 0.571 bits per heavy atom. The molecule has 0 radical (unpaired) electrons. The van der Waals surface area contributed by atoms with Gasteiger partial charge in [0.1, 0.15) is 17.2 Å². The van der Waals surface area contributed by atoms with Gasteiger partial charge in [-0.2, -0.15) is 0 Å². The van der Waals surface area contributed by atoms with Crippen molar-refractivity contribution in [1.29, 1.82) is 0 Å². The van der Waals surface area contributed by atoms with E-state index in [1.807, 2.05) is 0 Å². The van der Waals surface area contributed by atoms with E-state index in [1.165, 1.54) is 168 Å². The third kappa shape index (κ3) is 23.1. The summed E-state index contributed by atoms with van der Waals surface area (Å²) in [5.74, 6) is 4.39. The Balaban J connectivity index is 2.18. The highest BCUT2D eigenvalue weighted by Crippen LogP contribution is 2.51. The Morgan fingerprint density at radius 3 is 0.800 bits per heavy atom. The summed E-state index contributed by atoms with van der Waals surface area (Å²) in [6.45, 7) is 35.5. The molecule has 4 heteroatoms. The van der Waals surface area contributed by atoms with Crippen LogP contribution in [0, 0.1) is 17.8 Å². The van der Waals surface area contributed by atoms with E-state index in [9.17, 15) is 0 Å². The molecule has 0 aliphatic carbocycles. The maximum absolute atomic E-state index is 7.41. The van der Waals surface area contributed by atoms with Crippen molar-refractivity contribution in [3.8, 4) is 17.2 Å². The summed E-state index contributed by atoms with van der Waals surface area (Å²) < 4.78 is 22.2. The van der Waals surface area contributed by atoms with Crippen LogP contribution in [0.2, 0.25) is 0 Å². The van der Waals surface area contributed by atoms with Crippen molar-refractivity contribution in [3.05, 3.63) is 88.0 Å². The van der Waals surface area contributed by atoms with E-state index in [0.717, 1.165) is 55.8 Å². The zero-order valence-electron chi connectivity index (χ0n) is 48.7. The lowest BCUT2D eigenvalue weighted by atomic mass is 9.78. The molecular formula is C66H111O3P. The van der Waals surface area contributed by atoms with Crippen LogP contribution in [0.3, 0.4) is 0 Å². The minimum absolute atomic E-state index is 0.0862. The number of unbranched alkanes of at least 4 members (excludes halogenated alkanes) is 18. The predicted octanol–water partition coefficient (Wildman–Crippen LogP) is 22.3. The molecule has 3 aromatic rings. The van der Waals surface area contributed by atoms with Gasteiger partial charge >= 0.3 is 8.60 Å². The molecule has 0 heterocycles. The van der Waals surface area contributed by atoms with E-state index in [2.05, 4.69) is 158 Å². The molecule has 0 bridgehead atoms. The molecule has 3 rings (SSSR count). The second kappa shape index (κ2) is 32.6. The van der Waals surface area contributed by atoms with Gasteiger partial charge in [0.15, 0.2) is 0 Å². The lowest BCUT2D eigenvalue weighted by Crippen LogP contribution is -2.21. The summed E-state index contributed by atoms with van der Waals surface area (Å²) in [5, 5.41) is 0. The van der Waals surface area contributed by atoms with Crippen LogP contribution < -0.4 is 13.6 Å². The van der Waals surface area contributed by atoms with Crippen LogP contribution in [0.25, 0.3) is 0 Å². The fourth-order valence-corrected chi connectivity index (χ4v) is 11.7. The molecule has 0 amide bonds. The van der Waals surface area contributed by atoms with Crippen molar-refractivity contribution >= 4 is 8.60 Å². The van der Waals surface area contributed by atoms with E-state index in [-0.39, 0.29) is 16.2 Å². The largest absolute Gasteiger partial charge is 0.530 e. The Hall–Kier alpha value is -2.51. The SMILES string of the molecule is CCCCCCCCCC(C)(C)c1cc(CC(C)C)ccc1OP(Oc1ccc(CC(C)C)cc1C(C)(C)CCCCCCCCC)Oc1ccc(CC(C)C)cc1C(C)(C)CCCCCCCCC. The normalized spacial score (nSPS) is 12.6. The topological polar surface area (TPSA) is 27.7 Å². The van der Waals surface area contributed by atoms with Crippen LogP contribution in [0.1, 0.15) is 291 Å². The third-order valence-electron chi connectivity index (χ3n) is 15.0. The molecule has 3 aromatic carbocycles. The number of hydrogen-bond acceptors (Lipinski definition) is 3. The zero-order valence-corrected chi connectivity index (χ0v) is 49.6. The number of hydrogen-bond donors (Lipinski definition) is 0. The molecule has 0 unspecified atom stereocenters. The monoisotopic (exact) mass is 983 g/mol. The third-order valence-corrected chi connectivity index (χ3v) is 16.0. The Kier molecular flexibility index (Phi) is 28.8. The molecule has 0 saturated heterocycles. The average molecular weight is 984 g/mol. The first-order chi connectivity index (χ1) is 33.3. The second-order valence-corrected chi connectivity index (χ2v) is 26.0.